The standard InChI is InChI=1S/C17H19N3O3/c1-11-14(12(2)23-19-11)9-10-20-15(21)17(3,18-16(20)22)13-7-5-4-6-8-13/h4-8H,9-10H2,1-3H3,(H,18,22)/t17-/m0/s1. The number of benzene rings is 1. The first-order chi connectivity index (χ1) is 10.9. The van der Waals surface area contributed by atoms with Crippen molar-refractivity contribution in [3.63, 3.8) is 0 Å². The molecule has 0 aliphatic carbocycles. The van der Waals surface area contributed by atoms with Crippen LogP contribution in [0.1, 0.15) is 29.5 Å². The van der Waals surface area contributed by atoms with Crippen LogP contribution < -0.4 is 5.32 Å². The molecular formula is C17H19N3O3. The summed E-state index contributed by atoms with van der Waals surface area (Å²) in [6, 6.07) is 8.90. The molecule has 0 bridgehead atoms. The maximum atomic E-state index is 12.8. The number of urea groups is 1. The first-order valence-corrected chi connectivity index (χ1v) is 7.55. The molecule has 1 aliphatic rings. The second-order valence-corrected chi connectivity index (χ2v) is 5.93. The average molecular weight is 313 g/mol. The summed E-state index contributed by atoms with van der Waals surface area (Å²) < 4.78 is 5.12. The number of amides is 3. The van der Waals surface area contributed by atoms with Gasteiger partial charge >= 0.3 is 6.03 Å². The van der Waals surface area contributed by atoms with E-state index in [2.05, 4.69) is 10.5 Å². The second-order valence-electron chi connectivity index (χ2n) is 5.93. The van der Waals surface area contributed by atoms with E-state index < -0.39 is 5.54 Å². The lowest BCUT2D eigenvalue weighted by Gasteiger charge is -2.22. The van der Waals surface area contributed by atoms with Gasteiger partial charge in [0.25, 0.3) is 5.91 Å². The number of rotatable bonds is 4. The highest BCUT2D eigenvalue weighted by molar-refractivity contribution is 6.07. The number of hydrogen-bond acceptors (Lipinski definition) is 4. The molecule has 0 unspecified atom stereocenters. The maximum absolute atomic E-state index is 12.8. The number of nitrogens with zero attached hydrogens (tertiary/aromatic N) is 2. The molecule has 1 aromatic heterocycles. The van der Waals surface area contributed by atoms with Gasteiger partial charge in [-0.1, -0.05) is 35.5 Å². The fraction of sp³-hybridized carbons (Fsp3) is 0.353. The minimum atomic E-state index is -1.02. The molecule has 1 atom stereocenters. The van der Waals surface area contributed by atoms with Gasteiger partial charge in [0.1, 0.15) is 11.3 Å². The van der Waals surface area contributed by atoms with Crippen LogP contribution in [0.4, 0.5) is 4.79 Å². The molecule has 1 saturated heterocycles. The van der Waals surface area contributed by atoms with Gasteiger partial charge < -0.3 is 9.84 Å². The van der Waals surface area contributed by atoms with Crippen LogP contribution in [0, 0.1) is 13.8 Å². The van der Waals surface area contributed by atoms with Crippen molar-refractivity contribution in [2.45, 2.75) is 32.7 Å². The minimum absolute atomic E-state index is 0.236. The summed E-state index contributed by atoms with van der Waals surface area (Å²) in [6.07, 6.45) is 0.533. The molecule has 120 valence electrons. The summed E-state index contributed by atoms with van der Waals surface area (Å²) in [7, 11) is 0. The Morgan fingerprint density at radius 1 is 1.22 bits per heavy atom. The quantitative estimate of drug-likeness (QED) is 0.879. The smallest absolute Gasteiger partial charge is 0.325 e. The average Bonchev–Trinajstić information content (AvgIpc) is 2.97. The van der Waals surface area contributed by atoms with Crippen molar-refractivity contribution >= 4 is 11.9 Å². The van der Waals surface area contributed by atoms with E-state index in [1.807, 2.05) is 44.2 Å². The molecule has 0 spiro atoms. The first kappa shape index (κ1) is 15.3. The fourth-order valence-electron chi connectivity index (χ4n) is 2.95. The fourth-order valence-corrected chi connectivity index (χ4v) is 2.95. The monoisotopic (exact) mass is 313 g/mol. The van der Waals surface area contributed by atoms with E-state index in [1.165, 1.54) is 4.90 Å². The Morgan fingerprint density at radius 3 is 2.52 bits per heavy atom. The summed E-state index contributed by atoms with van der Waals surface area (Å²) in [5.74, 6) is 0.487. The number of aryl methyl sites for hydroxylation is 2. The summed E-state index contributed by atoms with van der Waals surface area (Å²) in [5, 5.41) is 6.70. The molecule has 23 heavy (non-hydrogen) atoms. The lowest BCUT2D eigenvalue weighted by Crippen LogP contribution is -2.41. The van der Waals surface area contributed by atoms with Gasteiger partial charge in [-0.25, -0.2) is 4.79 Å². The molecule has 1 fully saturated rings. The SMILES string of the molecule is Cc1noc(C)c1CCN1C(=O)N[C@@](C)(c2ccccc2)C1=O. The topological polar surface area (TPSA) is 75.4 Å². The van der Waals surface area contributed by atoms with Gasteiger partial charge in [-0.05, 0) is 32.8 Å². The molecule has 0 radical (unpaired) electrons. The third kappa shape index (κ3) is 2.50. The predicted octanol–water partition coefficient (Wildman–Crippen LogP) is 2.30. The molecule has 2 heterocycles. The second kappa shape index (κ2) is 5.53. The van der Waals surface area contributed by atoms with Crippen LogP contribution in [0.3, 0.4) is 0 Å². The van der Waals surface area contributed by atoms with Crippen molar-refractivity contribution < 1.29 is 14.1 Å². The van der Waals surface area contributed by atoms with Crippen molar-refractivity contribution in [2.75, 3.05) is 6.54 Å². The van der Waals surface area contributed by atoms with Crippen molar-refractivity contribution in [3.05, 3.63) is 52.9 Å². The molecule has 1 aromatic carbocycles. The molecule has 1 N–H and O–H groups in total. The predicted molar refractivity (Wildman–Crippen MR) is 83.7 cm³/mol. The molecule has 0 saturated carbocycles. The zero-order chi connectivity index (χ0) is 16.6. The van der Waals surface area contributed by atoms with Crippen LogP contribution in [-0.2, 0) is 16.8 Å². The molecule has 6 heteroatoms. The Morgan fingerprint density at radius 2 is 1.91 bits per heavy atom. The number of hydrogen-bond donors (Lipinski definition) is 1. The normalized spacial score (nSPS) is 20.9. The van der Waals surface area contributed by atoms with Crippen LogP contribution in [0.5, 0.6) is 0 Å². The number of imide groups is 1. The number of aromatic nitrogens is 1. The Balaban J connectivity index is 1.80. The Bertz CT molecular complexity index is 734. The first-order valence-electron chi connectivity index (χ1n) is 7.55. The number of carbonyl (C=O) groups excluding carboxylic acids is 2. The summed E-state index contributed by atoms with van der Waals surface area (Å²) >= 11 is 0. The van der Waals surface area contributed by atoms with E-state index in [1.54, 1.807) is 6.92 Å². The van der Waals surface area contributed by atoms with Crippen molar-refractivity contribution in [2.24, 2.45) is 0 Å². The van der Waals surface area contributed by atoms with E-state index in [9.17, 15) is 9.59 Å². The van der Waals surface area contributed by atoms with E-state index in [0.29, 0.717) is 13.0 Å². The van der Waals surface area contributed by atoms with Gasteiger partial charge in [-0.3, -0.25) is 9.69 Å². The molecule has 1 aliphatic heterocycles. The van der Waals surface area contributed by atoms with E-state index in [-0.39, 0.29) is 11.9 Å². The van der Waals surface area contributed by atoms with Crippen LogP contribution in [0.15, 0.2) is 34.9 Å². The number of nitrogens with one attached hydrogen (secondary N) is 1. The third-order valence-electron chi connectivity index (χ3n) is 4.39. The van der Waals surface area contributed by atoms with Gasteiger partial charge in [-0.2, -0.15) is 0 Å². The van der Waals surface area contributed by atoms with Gasteiger partial charge in [0, 0.05) is 12.1 Å². The lowest BCUT2D eigenvalue weighted by molar-refractivity contribution is -0.131. The van der Waals surface area contributed by atoms with E-state index in [0.717, 1.165) is 22.6 Å². The Hall–Kier alpha value is -2.63. The van der Waals surface area contributed by atoms with Gasteiger partial charge in [-0.15, -0.1) is 0 Å². The highest BCUT2D eigenvalue weighted by atomic mass is 16.5. The van der Waals surface area contributed by atoms with Crippen LogP contribution >= 0.6 is 0 Å². The molecule has 6 nitrogen and oxygen atoms in total. The van der Waals surface area contributed by atoms with Gasteiger partial charge in [0.15, 0.2) is 0 Å². The van der Waals surface area contributed by atoms with Crippen molar-refractivity contribution in [1.82, 2.24) is 15.4 Å². The molecular weight excluding hydrogens is 294 g/mol. The highest BCUT2D eigenvalue weighted by Gasteiger charge is 2.48. The molecule has 2 aromatic rings. The lowest BCUT2D eigenvalue weighted by atomic mass is 9.92. The van der Waals surface area contributed by atoms with Gasteiger partial charge in [0.05, 0.1) is 5.69 Å². The third-order valence-corrected chi connectivity index (χ3v) is 4.39. The van der Waals surface area contributed by atoms with Crippen LogP contribution in [-0.4, -0.2) is 28.5 Å². The van der Waals surface area contributed by atoms with Crippen molar-refractivity contribution in [1.29, 1.82) is 0 Å². The van der Waals surface area contributed by atoms with Crippen LogP contribution in [0.2, 0.25) is 0 Å². The largest absolute Gasteiger partial charge is 0.361 e. The van der Waals surface area contributed by atoms with Crippen LogP contribution in [0.25, 0.3) is 0 Å². The van der Waals surface area contributed by atoms with E-state index in [4.69, 9.17) is 4.52 Å². The Kier molecular flexibility index (Phi) is 3.67. The zero-order valence-corrected chi connectivity index (χ0v) is 13.4. The zero-order valence-electron chi connectivity index (χ0n) is 13.4. The molecule has 3 amide bonds. The minimum Gasteiger partial charge on any atom is -0.361 e. The maximum Gasteiger partial charge on any atom is 0.325 e. The Labute approximate surface area is 134 Å². The van der Waals surface area contributed by atoms with Gasteiger partial charge in [0.2, 0.25) is 0 Å². The van der Waals surface area contributed by atoms with E-state index >= 15 is 0 Å². The summed E-state index contributed by atoms with van der Waals surface area (Å²) in [4.78, 5) is 26.3. The van der Waals surface area contributed by atoms with Crippen molar-refractivity contribution in [3.8, 4) is 0 Å². The summed E-state index contributed by atoms with van der Waals surface area (Å²) in [5.41, 5.74) is 1.49. The number of carbonyl (C=O) groups is 2. The molecule has 3 rings (SSSR count). The highest BCUT2D eigenvalue weighted by Crippen LogP contribution is 2.28. The summed E-state index contributed by atoms with van der Waals surface area (Å²) in [6.45, 7) is 5.72.